The van der Waals surface area contributed by atoms with E-state index in [2.05, 4.69) is 5.32 Å². The van der Waals surface area contributed by atoms with Crippen molar-refractivity contribution in [2.24, 2.45) is 0 Å². The molecule has 0 saturated carbocycles. The second-order valence-electron chi connectivity index (χ2n) is 5.11. The maximum absolute atomic E-state index is 11.7. The first-order valence-electron chi connectivity index (χ1n) is 7.37. The molecule has 2 aromatic rings. The predicted octanol–water partition coefficient (Wildman–Crippen LogP) is 2.20. The van der Waals surface area contributed by atoms with Crippen LogP contribution in [0.1, 0.15) is 21.5 Å². The molecular weight excluding hydrogens is 312 g/mol. The summed E-state index contributed by atoms with van der Waals surface area (Å²) in [6, 6.07) is 11.4. The Morgan fingerprint density at radius 1 is 1.25 bits per heavy atom. The van der Waals surface area contributed by atoms with E-state index < -0.39 is 4.92 Å². The molecule has 0 saturated heterocycles. The first-order chi connectivity index (χ1) is 11.5. The van der Waals surface area contributed by atoms with Gasteiger partial charge in [0.1, 0.15) is 12.4 Å². The number of nitrogens with zero attached hydrogens (tertiary/aromatic N) is 1. The summed E-state index contributed by atoms with van der Waals surface area (Å²) >= 11 is 0. The number of nitro benzene ring substituents is 1. The highest BCUT2D eigenvalue weighted by Gasteiger charge is 2.13. The van der Waals surface area contributed by atoms with Gasteiger partial charge in [0.2, 0.25) is 0 Å². The van der Waals surface area contributed by atoms with Crippen LogP contribution in [-0.4, -0.2) is 29.1 Å². The van der Waals surface area contributed by atoms with Crippen LogP contribution in [0.4, 0.5) is 5.69 Å². The molecule has 1 amide bonds. The van der Waals surface area contributed by atoms with Crippen LogP contribution in [0.15, 0.2) is 42.5 Å². The molecule has 7 heteroatoms. The van der Waals surface area contributed by atoms with Crippen molar-refractivity contribution in [1.29, 1.82) is 0 Å². The van der Waals surface area contributed by atoms with Crippen molar-refractivity contribution in [3.63, 3.8) is 0 Å². The van der Waals surface area contributed by atoms with Crippen molar-refractivity contribution in [2.45, 2.75) is 13.5 Å². The predicted molar refractivity (Wildman–Crippen MR) is 88.0 cm³/mol. The molecule has 0 aliphatic carbocycles. The highest BCUT2D eigenvalue weighted by molar-refractivity contribution is 5.94. The lowest BCUT2D eigenvalue weighted by atomic mass is 10.1. The fourth-order valence-corrected chi connectivity index (χ4v) is 2.16. The Labute approximate surface area is 139 Å². The van der Waals surface area contributed by atoms with E-state index in [-0.39, 0.29) is 31.4 Å². The average Bonchev–Trinajstić information content (AvgIpc) is 2.59. The minimum Gasteiger partial charge on any atom is -0.489 e. The quantitative estimate of drug-likeness (QED) is 0.598. The van der Waals surface area contributed by atoms with Gasteiger partial charge in [0.05, 0.1) is 11.5 Å². The highest BCUT2D eigenvalue weighted by atomic mass is 16.6. The average molecular weight is 330 g/mol. The van der Waals surface area contributed by atoms with Crippen molar-refractivity contribution >= 4 is 11.6 Å². The van der Waals surface area contributed by atoms with Crippen LogP contribution < -0.4 is 10.1 Å². The number of rotatable bonds is 7. The zero-order valence-electron chi connectivity index (χ0n) is 13.2. The first kappa shape index (κ1) is 17.4. The van der Waals surface area contributed by atoms with Gasteiger partial charge in [-0.3, -0.25) is 14.9 Å². The fraction of sp³-hybridized carbons (Fsp3) is 0.235. The molecule has 0 heterocycles. The summed E-state index contributed by atoms with van der Waals surface area (Å²) in [6.07, 6.45) is 0. The summed E-state index contributed by atoms with van der Waals surface area (Å²) in [5.74, 6) is 0.282. The monoisotopic (exact) mass is 330 g/mol. The minimum atomic E-state index is -0.418. The molecule has 2 aromatic carbocycles. The highest BCUT2D eigenvalue weighted by Crippen LogP contribution is 2.22. The zero-order valence-corrected chi connectivity index (χ0v) is 13.2. The van der Waals surface area contributed by atoms with E-state index in [1.54, 1.807) is 43.3 Å². The number of aliphatic hydroxyl groups is 1. The standard InChI is InChI=1S/C17H18N2O5/c1-12-14(3-2-4-16(12)19(22)23)11-24-15-7-5-13(6-8-15)17(21)18-9-10-20/h2-8,20H,9-11H2,1H3,(H,18,21). The molecule has 0 bridgehead atoms. The van der Waals surface area contributed by atoms with E-state index >= 15 is 0 Å². The van der Waals surface area contributed by atoms with E-state index in [1.807, 2.05) is 0 Å². The normalized spacial score (nSPS) is 10.2. The smallest absolute Gasteiger partial charge is 0.272 e. The number of ether oxygens (including phenoxy) is 1. The number of amides is 1. The second kappa shape index (κ2) is 8.07. The molecule has 0 atom stereocenters. The Morgan fingerprint density at radius 2 is 1.96 bits per heavy atom. The lowest BCUT2D eigenvalue weighted by Gasteiger charge is -2.09. The summed E-state index contributed by atoms with van der Waals surface area (Å²) in [6.45, 7) is 1.97. The molecule has 7 nitrogen and oxygen atoms in total. The van der Waals surface area contributed by atoms with Crippen molar-refractivity contribution in [3.05, 3.63) is 69.3 Å². The summed E-state index contributed by atoms with van der Waals surface area (Å²) in [5, 5.41) is 22.2. The Balaban J connectivity index is 2.01. The molecular formula is C17H18N2O5. The molecule has 2 N–H and O–H groups in total. The van der Waals surface area contributed by atoms with E-state index in [0.717, 1.165) is 5.56 Å². The topological polar surface area (TPSA) is 102 Å². The molecule has 24 heavy (non-hydrogen) atoms. The van der Waals surface area contributed by atoms with Crippen molar-refractivity contribution in [1.82, 2.24) is 5.32 Å². The summed E-state index contributed by atoms with van der Waals surface area (Å²) in [4.78, 5) is 22.2. The van der Waals surface area contributed by atoms with Crippen molar-refractivity contribution < 1.29 is 19.6 Å². The molecule has 0 fully saturated rings. The van der Waals surface area contributed by atoms with Gasteiger partial charge in [-0.25, -0.2) is 0 Å². The Bertz CT molecular complexity index is 728. The van der Waals surface area contributed by atoms with Crippen LogP contribution in [0.2, 0.25) is 0 Å². The molecule has 2 rings (SSSR count). The lowest BCUT2D eigenvalue weighted by Crippen LogP contribution is -2.26. The Hall–Kier alpha value is -2.93. The maximum Gasteiger partial charge on any atom is 0.272 e. The minimum absolute atomic E-state index is 0.0620. The van der Waals surface area contributed by atoms with E-state index in [9.17, 15) is 14.9 Å². The van der Waals surface area contributed by atoms with Crippen LogP contribution in [0.3, 0.4) is 0 Å². The lowest BCUT2D eigenvalue weighted by molar-refractivity contribution is -0.385. The SMILES string of the molecule is Cc1c(COc2ccc(C(=O)NCCO)cc2)cccc1[N+](=O)[O-]. The van der Waals surface area contributed by atoms with Gasteiger partial charge >= 0.3 is 0 Å². The third kappa shape index (κ3) is 4.30. The van der Waals surface area contributed by atoms with E-state index in [1.165, 1.54) is 6.07 Å². The van der Waals surface area contributed by atoms with Gasteiger partial charge in [-0.2, -0.15) is 0 Å². The van der Waals surface area contributed by atoms with Crippen molar-refractivity contribution in [2.75, 3.05) is 13.2 Å². The van der Waals surface area contributed by atoms with Gasteiger partial charge in [-0.05, 0) is 36.8 Å². The summed E-state index contributed by atoms with van der Waals surface area (Å²) in [5.41, 5.74) is 1.82. The molecule has 0 aliphatic heterocycles. The third-order valence-electron chi connectivity index (χ3n) is 3.52. The van der Waals surface area contributed by atoms with Gasteiger partial charge < -0.3 is 15.2 Å². The molecule has 0 spiro atoms. The molecule has 0 aliphatic rings. The van der Waals surface area contributed by atoms with Crippen LogP contribution >= 0.6 is 0 Å². The molecule has 126 valence electrons. The fourth-order valence-electron chi connectivity index (χ4n) is 2.16. The number of nitrogens with one attached hydrogen (secondary N) is 1. The maximum atomic E-state index is 11.7. The van der Waals surface area contributed by atoms with Gasteiger partial charge in [-0.1, -0.05) is 12.1 Å². The Kier molecular flexibility index (Phi) is 5.86. The number of carbonyl (C=O) groups is 1. The molecule has 0 unspecified atom stereocenters. The number of hydrogen-bond acceptors (Lipinski definition) is 5. The zero-order chi connectivity index (χ0) is 17.5. The summed E-state index contributed by atoms with van der Waals surface area (Å²) in [7, 11) is 0. The Morgan fingerprint density at radius 3 is 2.58 bits per heavy atom. The van der Waals surface area contributed by atoms with Crippen molar-refractivity contribution in [3.8, 4) is 5.75 Å². The number of benzene rings is 2. The van der Waals surface area contributed by atoms with Crippen LogP contribution in [0.5, 0.6) is 5.75 Å². The van der Waals surface area contributed by atoms with Crippen LogP contribution in [-0.2, 0) is 6.61 Å². The van der Waals surface area contributed by atoms with Crippen LogP contribution in [0, 0.1) is 17.0 Å². The summed E-state index contributed by atoms with van der Waals surface area (Å²) < 4.78 is 5.63. The number of aliphatic hydroxyl groups excluding tert-OH is 1. The number of carbonyl (C=O) groups excluding carboxylic acids is 1. The first-order valence-corrected chi connectivity index (χ1v) is 7.37. The molecule has 0 aromatic heterocycles. The number of nitro groups is 1. The van der Waals surface area contributed by atoms with E-state index in [4.69, 9.17) is 9.84 Å². The molecule has 0 radical (unpaired) electrons. The van der Waals surface area contributed by atoms with Gasteiger partial charge in [0, 0.05) is 23.7 Å². The van der Waals surface area contributed by atoms with Gasteiger partial charge in [0.15, 0.2) is 0 Å². The van der Waals surface area contributed by atoms with Gasteiger partial charge in [0.25, 0.3) is 11.6 Å². The van der Waals surface area contributed by atoms with E-state index in [0.29, 0.717) is 16.9 Å². The largest absolute Gasteiger partial charge is 0.489 e. The van der Waals surface area contributed by atoms with Crippen LogP contribution in [0.25, 0.3) is 0 Å². The second-order valence-corrected chi connectivity index (χ2v) is 5.11. The van der Waals surface area contributed by atoms with Gasteiger partial charge in [-0.15, -0.1) is 0 Å². The third-order valence-corrected chi connectivity index (χ3v) is 3.52. The number of hydrogen-bond donors (Lipinski definition) is 2.